The van der Waals surface area contributed by atoms with Gasteiger partial charge in [-0.15, -0.1) is 24.0 Å². The molecule has 1 aromatic heterocycles. The van der Waals surface area contributed by atoms with Crippen LogP contribution in [0.5, 0.6) is 5.75 Å². The molecule has 1 heterocycles. The molecule has 0 radical (unpaired) electrons. The third-order valence-corrected chi connectivity index (χ3v) is 4.41. The highest BCUT2D eigenvalue weighted by Gasteiger charge is 2.23. The van der Waals surface area contributed by atoms with Crippen LogP contribution in [0, 0.1) is 0 Å². The average Bonchev–Trinajstić information content (AvgIpc) is 3.37. The van der Waals surface area contributed by atoms with Crippen molar-refractivity contribution in [2.75, 3.05) is 26.7 Å². The zero-order valence-electron chi connectivity index (χ0n) is 16.6. The van der Waals surface area contributed by atoms with Gasteiger partial charge in [-0.2, -0.15) is 0 Å². The van der Waals surface area contributed by atoms with Crippen molar-refractivity contribution in [2.45, 2.75) is 31.7 Å². The van der Waals surface area contributed by atoms with Gasteiger partial charge in [0.15, 0.2) is 12.6 Å². The van der Waals surface area contributed by atoms with E-state index in [1.54, 1.807) is 13.3 Å². The molecule has 0 unspecified atom stereocenters. The van der Waals surface area contributed by atoms with E-state index in [1.807, 2.05) is 36.4 Å². The van der Waals surface area contributed by atoms with Gasteiger partial charge in [0, 0.05) is 32.6 Å². The highest BCUT2D eigenvalue weighted by molar-refractivity contribution is 14.0. The van der Waals surface area contributed by atoms with E-state index in [4.69, 9.17) is 9.15 Å². The normalized spacial score (nSPS) is 13.3. The van der Waals surface area contributed by atoms with Crippen LogP contribution in [-0.2, 0) is 17.6 Å². The third-order valence-electron chi connectivity index (χ3n) is 4.41. The molecule has 1 saturated carbocycles. The predicted octanol–water partition coefficient (Wildman–Crippen LogP) is 2.51. The Kier molecular flexibility index (Phi) is 9.82. The summed E-state index contributed by atoms with van der Waals surface area (Å²) < 4.78 is 10.8. The standard InChI is InChI=1S/C21H28N4O3.HI/c1-22-21(24-13-11-18-3-2-14-27-18)23-12-10-16-4-8-19(9-5-16)28-15-20(26)25-17-6-7-17;/h2-5,8-9,14,17H,6-7,10-13,15H2,1H3,(H,25,26)(H2,22,23,24);1H. The highest BCUT2D eigenvalue weighted by Crippen LogP contribution is 2.18. The number of guanidine groups is 1. The van der Waals surface area contributed by atoms with Crippen LogP contribution in [0.4, 0.5) is 0 Å². The van der Waals surface area contributed by atoms with Crippen LogP contribution in [0.25, 0.3) is 0 Å². The number of ether oxygens (including phenoxy) is 1. The van der Waals surface area contributed by atoms with E-state index in [0.29, 0.717) is 11.8 Å². The maximum atomic E-state index is 11.6. The molecule has 8 heteroatoms. The van der Waals surface area contributed by atoms with Crippen molar-refractivity contribution in [2.24, 2.45) is 4.99 Å². The summed E-state index contributed by atoms with van der Waals surface area (Å²) in [6, 6.07) is 12.0. The van der Waals surface area contributed by atoms with Gasteiger partial charge in [-0.1, -0.05) is 12.1 Å². The molecule has 0 saturated heterocycles. The summed E-state index contributed by atoms with van der Waals surface area (Å²) >= 11 is 0. The number of furan rings is 1. The van der Waals surface area contributed by atoms with Gasteiger partial charge in [0.25, 0.3) is 5.91 Å². The Hall–Kier alpha value is -2.23. The van der Waals surface area contributed by atoms with Gasteiger partial charge in [0.2, 0.25) is 0 Å². The lowest BCUT2D eigenvalue weighted by Crippen LogP contribution is -2.39. The second-order valence-corrected chi connectivity index (χ2v) is 6.78. The zero-order valence-corrected chi connectivity index (χ0v) is 19.0. The minimum Gasteiger partial charge on any atom is -0.484 e. The van der Waals surface area contributed by atoms with Crippen molar-refractivity contribution >= 4 is 35.8 Å². The number of halogens is 1. The first-order valence-corrected chi connectivity index (χ1v) is 9.71. The lowest BCUT2D eigenvalue weighted by atomic mass is 10.1. The molecule has 3 N–H and O–H groups in total. The summed E-state index contributed by atoms with van der Waals surface area (Å²) in [4.78, 5) is 15.9. The number of amides is 1. The van der Waals surface area contributed by atoms with E-state index in [9.17, 15) is 4.79 Å². The molecular formula is C21H29IN4O3. The van der Waals surface area contributed by atoms with E-state index < -0.39 is 0 Å². The molecule has 1 aromatic carbocycles. The number of aliphatic imine (C=N–C) groups is 1. The van der Waals surface area contributed by atoms with Crippen LogP contribution in [0.2, 0.25) is 0 Å². The zero-order chi connectivity index (χ0) is 19.6. The highest BCUT2D eigenvalue weighted by atomic mass is 127. The van der Waals surface area contributed by atoms with E-state index in [2.05, 4.69) is 20.9 Å². The first kappa shape index (κ1) is 23.1. The van der Waals surface area contributed by atoms with E-state index in [1.165, 1.54) is 5.56 Å². The van der Waals surface area contributed by atoms with Crippen molar-refractivity contribution < 1.29 is 13.9 Å². The van der Waals surface area contributed by atoms with E-state index in [0.717, 1.165) is 50.5 Å². The minimum absolute atomic E-state index is 0. The third kappa shape index (κ3) is 8.76. The van der Waals surface area contributed by atoms with Gasteiger partial charge in [0.05, 0.1) is 6.26 Å². The quantitative estimate of drug-likeness (QED) is 0.259. The molecule has 2 aromatic rings. The van der Waals surface area contributed by atoms with Gasteiger partial charge in [-0.3, -0.25) is 9.79 Å². The van der Waals surface area contributed by atoms with Crippen molar-refractivity contribution in [3.8, 4) is 5.75 Å². The Bertz CT molecular complexity index is 759. The van der Waals surface area contributed by atoms with Gasteiger partial charge in [-0.05, 0) is 49.1 Å². The Morgan fingerprint density at radius 3 is 2.48 bits per heavy atom. The molecule has 0 bridgehead atoms. The molecule has 7 nitrogen and oxygen atoms in total. The second-order valence-electron chi connectivity index (χ2n) is 6.78. The molecule has 1 aliphatic carbocycles. The maximum Gasteiger partial charge on any atom is 0.258 e. The number of hydrogen-bond donors (Lipinski definition) is 3. The fourth-order valence-corrected chi connectivity index (χ4v) is 2.70. The summed E-state index contributed by atoms with van der Waals surface area (Å²) in [6.45, 7) is 1.59. The largest absolute Gasteiger partial charge is 0.484 e. The number of nitrogens with zero attached hydrogens (tertiary/aromatic N) is 1. The van der Waals surface area contributed by atoms with Crippen LogP contribution >= 0.6 is 24.0 Å². The van der Waals surface area contributed by atoms with Crippen LogP contribution in [0.15, 0.2) is 52.1 Å². The Morgan fingerprint density at radius 1 is 1.14 bits per heavy atom. The summed E-state index contributed by atoms with van der Waals surface area (Å²) in [5, 5.41) is 9.48. The van der Waals surface area contributed by atoms with Crippen molar-refractivity contribution in [3.05, 3.63) is 54.0 Å². The summed E-state index contributed by atoms with van der Waals surface area (Å²) in [6.07, 6.45) is 5.52. The molecule has 158 valence electrons. The Morgan fingerprint density at radius 2 is 1.86 bits per heavy atom. The molecule has 29 heavy (non-hydrogen) atoms. The minimum atomic E-state index is -0.0540. The van der Waals surface area contributed by atoms with Gasteiger partial charge < -0.3 is 25.1 Å². The molecule has 0 spiro atoms. The average molecular weight is 512 g/mol. The first-order valence-electron chi connectivity index (χ1n) is 9.71. The maximum absolute atomic E-state index is 11.6. The topological polar surface area (TPSA) is 87.9 Å². The first-order chi connectivity index (χ1) is 13.7. The van der Waals surface area contributed by atoms with Crippen LogP contribution < -0.4 is 20.7 Å². The monoisotopic (exact) mass is 512 g/mol. The number of rotatable bonds is 10. The van der Waals surface area contributed by atoms with Crippen LogP contribution in [0.1, 0.15) is 24.2 Å². The van der Waals surface area contributed by atoms with Crippen molar-refractivity contribution in [3.63, 3.8) is 0 Å². The van der Waals surface area contributed by atoms with Crippen molar-refractivity contribution in [1.29, 1.82) is 0 Å². The predicted molar refractivity (Wildman–Crippen MR) is 124 cm³/mol. The second kappa shape index (κ2) is 12.4. The molecule has 0 aliphatic heterocycles. The fraction of sp³-hybridized carbons (Fsp3) is 0.429. The molecular weight excluding hydrogens is 483 g/mol. The van der Waals surface area contributed by atoms with Crippen molar-refractivity contribution in [1.82, 2.24) is 16.0 Å². The lowest BCUT2D eigenvalue weighted by molar-refractivity contribution is -0.123. The van der Waals surface area contributed by atoms with Gasteiger partial charge in [-0.25, -0.2) is 0 Å². The Balaban J connectivity index is 0.00000300. The number of hydrogen-bond acceptors (Lipinski definition) is 4. The summed E-state index contributed by atoms with van der Waals surface area (Å²) in [5.41, 5.74) is 1.19. The fourth-order valence-electron chi connectivity index (χ4n) is 2.70. The number of carbonyl (C=O) groups excluding carboxylic acids is 1. The number of nitrogens with one attached hydrogen (secondary N) is 3. The van der Waals surface area contributed by atoms with E-state index >= 15 is 0 Å². The SMILES string of the molecule is CN=C(NCCc1ccc(OCC(=O)NC2CC2)cc1)NCCc1ccco1.I. The molecule has 1 fully saturated rings. The molecule has 3 rings (SSSR count). The van der Waals surface area contributed by atoms with Gasteiger partial charge in [0.1, 0.15) is 11.5 Å². The van der Waals surface area contributed by atoms with Gasteiger partial charge >= 0.3 is 0 Å². The number of carbonyl (C=O) groups is 1. The summed E-state index contributed by atoms with van der Waals surface area (Å²) in [7, 11) is 1.76. The summed E-state index contributed by atoms with van der Waals surface area (Å²) in [5.74, 6) is 2.38. The molecule has 1 amide bonds. The molecule has 0 atom stereocenters. The number of benzene rings is 1. The molecule has 1 aliphatic rings. The lowest BCUT2D eigenvalue weighted by Gasteiger charge is -2.12. The van der Waals surface area contributed by atoms with Crippen LogP contribution in [-0.4, -0.2) is 44.7 Å². The smallest absolute Gasteiger partial charge is 0.258 e. The van der Waals surface area contributed by atoms with E-state index in [-0.39, 0.29) is 36.5 Å². The Labute approximate surface area is 188 Å². The van der Waals surface area contributed by atoms with Crippen LogP contribution in [0.3, 0.4) is 0 Å².